The molecule has 3 rings (SSSR count). The van der Waals surface area contributed by atoms with Crippen molar-refractivity contribution in [1.82, 2.24) is 14.9 Å². The van der Waals surface area contributed by atoms with Crippen molar-refractivity contribution in [1.29, 1.82) is 0 Å². The number of nitrogens with zero attached hydrogens (tertiary/aromatic N) is 4. The number of hydrogen-bond donors (Lipinski definition) is 1. The Labute approximate surface area is 220 Å². The largest absolute Gasteiger partial charge is 0.367 e. The third-order valence-corrected chi connectivity index (χ3v) is 6.58. The summed E-state index contributed by atoms with van der Waals surface area (Å²) in [6.07, 6.45) is 5.39. The lowest BCUT2D eigenvalue weighted by Crippen LogP contribution is -2.25. The summed E-state index contributed by atoms with van der Waals surface area (Å²) in [7, 11) is 0. The van der Waals surface area contributed by atoms with Gasteiger partial charge in [0.25, 0.3) is 5.69 Å². The molecule has 0 fully saturated rings. The molecule has 0 saturated carbocycles. The maximum absolute atomic E-state index is 11.3. The Hall–Kier alpha value is -2.45. The number of rotatable bonds is 11. The lowest BCUT2D eigenvalue weighted by Gasteiger charge is -2.20. The van der Waals surface area contributed by atoms with E-state index in [2.05, 4.69) is 41.0 Å². The first-order chi connectivity index (χ1) is 16.7. The maximum Gasteiger partial charge on any atom is 0.270 e. The molecule has 0 amide bonds. The summed E-state index contributed by atoms with van der Waals surface area (Å²) in [5, 5.41) is 16.6. The van der Waals surface area contributed by atoms with Gasteiger partial charge in [-0.1, -0.05) is 48.7 Å². The van der Waals surface area contributed by atoms with Crippen molar-refractivity contribution < 1.29 is 4.92 Å². The van der Waals surface area contributed by atoms with Gasteiger partial charge in [-0.15, -0.1) is 0 Å². The Bertz CT molecular complexity index is 1210. The molecule has 0 spiro atoms. The lowest BCUT2D eigenvalue weighted by molar-refractivity contribution is -0.384. The summed E-state index contributed by atoms with van der Waals surface area (Å²) in [6, 6.07) is 7.91. The number of nitro groups is 1. The van der Waals surface area contributed by atoms with Gasteiger partial charge < -0.3 is 10.2 Å². The van der Waals surface area contributed by atoms with Gasteiger partial charge in [-0.05, 0) is 69.8 Å². The van der Waals surface area contributed by atoms with Gasteiger partial charge in [0.1, 0.15) is 5.82 Å². The van der Waals surface area contributed by atoms with Crippen LogP contribution in [0.2, 0.25) is 15.1 Å². The van der Waals surface area contributed by atoms with Crippen LogP contribution in [-0.4, -0.2) is 45.5 Å². The van der Waals surface area contributed by atoms with E-state index in [-0.39, 0.29) is 11.7 Å². The van der Waals surface area contributed by atoms with Gasteiger partial charge in [0.15, 0.2) is 5.82 Å². The highest BCUT2D eigenvalue weighted by molar-refractivity contribution is 6.40. The van der Waals surface area contributed by atoms with E-state index in [1.54, 1.807) is 30.4 Å². The molecule has 1 N–H and O–H groups in total. The summed E-state index contributed by atoms with van der Waals surface area (Å²) < 4.78 is 0. The van der Waals surface area contributed by atoms with Gasteiger partial charge in [-0.3, -0.25) is 10.1 Å². The summed E-state index contributed by atoms with van der Waals surface area (Å²) in [6.45, 7) is 9.46. The molecule has 0 aliphatic carbocycles. The molecule has 35 heavy (non-hydrogen) atoms. The van der Waals surface area contributed by atoms with Crippen molar-refractivity contribution in [2.45, 2.75) is 39.7 Å². The third kappa shape index (κ3) is 7.27. The first-order valence-electron chi connectivity index (χ1n) is 11.5. The molecule has 0 aliphatic rings. The molecule has 1 unspecified atom stereocenters. The molecule has 2 aromatic carbocycles. The predicted octanol–water partition coefficient (Wildman–Crippen LogP) is 7.59. The van der Waals surface area contributed by atoms with Crippen LogP contribution < -0.4 is 5.32 Å². The molecular weight excluding hydrogens is 509 g/mol. The van der Waals surface area contributed by atoms with Crippen LogP contribution in [0.15, 0.2) is 30.3 Å². The minimum Gasteiger partial charge on any atom is -0.367 e. The Morgan fingerprint density at radius 2 is 1.77 bits per heavy atom. The Balaban J connectivity index is 1.92. The number of fused-ring (bicyclic) bond motifs is 1. The lowest BCUT2D eigenvalue weighted by atomic mass is 10.1. The van der Waals surface area contributed by atoms with E-state index in [1.165, 1.54) is 12.1 Å². The van der Waals surface area contributed by atoms with Crippen LogP contribution in [0.4, 0.5) is 11.5 Å². The monoisotopic (exact) mass is 535 g/mol. The Kier molecular flexibility index (Phi) is 9.69. The van der Waals surface area contributed by atoms with Crippen molar-refractivity contribution in [2.24, 2.45) is 0 Å². The first kappa shape index (κ1) is 27.1. The second kappa shape index (κ2) is 12.5. The van der Waals surface area contributed by atoms with E-state index in [0.717, 1.165) is 32.5 Å². The van der Waals surface area contributed by atoms with Crippen LogP contribution in [0.5, 0.6) is 0 Å². The quantitative estimate of drug-likeness (QED) is 0.201. The predicted molar refractivity (Wildman–Crippen MR) is 147 cm³/mol. The SMILES string of the molecule is CCN(CC)CCCC(C)Nc1nc(C=Cc2c(Cl)cc(Cl)cc2Cl)nc2ccc([N+](=O)[O-])cc12. The van der Waals surface area contributed by atoms with Crippen molar-refractivity contribution in [3.8, 4) is 0 Å². The van der Waals surface area contributed by atoms with Gasteiger partial charge in [0, 0.05) is 34.1 Å². The smallest absolute Gasteiger partial charge is 0.270 e. The van der Waals surface area contributed by atoms with E-state index in [1.807, 2.05) is 0 Å². The average Bonchev–Trinajstić information content (AvgIpc) is 2.81. The van der Waals surface area contributed by atoms with Crippen LogP contribution >= 0.6 is 34.8 Å². The van der Waals surface area contributed by atoms with Gasteiger partial charge in [0.05, 0.1) is 20.5 Å². The normalized spacial score (nSPS) is 12.5. The molecule has 0 aliphatic heterocycles. The standard InChI is InChI=1S/C25H28Cl3N5O2/c1-4-32(5-2)12-6-7-16(3)29-25-20-15-18(33(34)35)8-10-23(20)30-24(31-25)11-9-19-21(27)13-17(26)14-22(19)28/h8-11,13-16H,4-7,12H2,1-3H3,(H,29,30,31). The topological polar surface area (TPSA) is 84.2 Å². The minimum absolute atomic E-state index is 0.0126. The fourth-order valence-electron chi connectivity index (χ4n) is 3.77. The number of aromatic nitrogens is 2. The molecule has 1 heterocycles. The second-order valence-electron chi connectivity index (χ2n) is 8.22. The molecule has 1 atom stereocenters. The van der Waals surface area contributed by atoms with Crippen LogP contribution in [0.1, 0.15) is 45.0 Å². The Morgan fingerprint density at radius 3 is 2.40 bits per heavy atom. The van der Waals surface area contributed by atoms with Crippen LogP contribution in [0, 0.1) is 10.1 Å². The minimum atomic E-state index is -0.422. The van der Waals surface area contributed by atoms with Gasteiger partial charge in [-0.2, -0.15) is 0 Å². The van der Waals surface area contributed by atoms with Crippen molar-refractivity contribution in [3.05, 3.63) is 66.9 Å². The number of anilines is 1. The van der Waals surface area contributed by atoms with E-state index >= 15 is 0 Å². The fraction of sp³-hybridized carbons (Fsp3) is 0.360. The van der Waals surface area contributed by atoms with E-state index in [9.17, 15) is 10.1 Å². The molecule has 186 valence electrons. The summed E-state index contributed by atoms with van der Waals surface area (Å²) in [5.74, 6) is 0.966. The van der Waals surface area contributed by atoms with Crippen LogP contribution in [-0.2, 0) is 0 Å². The van der Waals surface area contributed by atoms with Crippen molar-refractivity contribution in [3.63, 3.8) is 0 Å². The van der Waals surface area contributed by atoms with E-state index in [4.69, 9.17) is 34.8 Å². The molecule has 1 aromatic heterocycles. The number of hydrogen-bond acceptors (Lipinski definition) is 6. The molecule has 10 heteroatoms. The molecule has 0 radical (unpaired) electrons. The summed E-state index contributed by atoms with van der Waals surface area (Å²) in [4.78, 5) is 22.5. The van der Waals surface area contributed by atoms with Gasteiger partial charge in [0.2, 0.25) is 0 Å². The number of nitro benzene ring substituents is 1. The van der Waals surface area contributed by atoms with E-state index in [0.29, 0.717) is 43.2 Å². The zero-order valence-corrected chi connectivity index (χ0v) is 22.2. The highest BCUT2D eigenvalue weighted by atomic mass is 35.5. The first-order valence-corrected chi connectivity index (χ1v) is 12.6. The highest BCUT2D eigenvalue weighted by Crippen LogP contribution is 2.31. The average molecular weight is 537 g/mol. The number of halogens is 3. The molecule has 0 saturated heterocycles. The highest BCUT2D eigenvalue weighted by Gasteiger charge is 2.15. The zero-order valence-electron chi connectivity index (χ0n) is 19.9. The van der Waals surface area contributed by atoms with Gasteiger partial charge in [-0.25, -0.2) is 9.97 Å². The maximum atomic E-state index is 11.3. The summed E-state index contributed by atoms with van der Waals surface area (Å²) >= 11 is 18.6. The number of benzene rings is 2. The number of non-ortho nitro benzene ring substituents is 1. The van der Waals surface area contributed by atoms with Crippen molar-refractivity contribution >= 4 is 69.4 Å². The zero-order chi connectivity index (χ0) is 25.5. The van der Waals surface area contributed by atoms with E-state index < -0.39 is 4.92 Å². The van der Waals surface area contributed by atoms with Crippen molar-refractivity contribution in [2.75, 3.05) is 25.0 Å². The second-order valence-corrected chi connectivity index (χ2v) is 9.47. The molecule has 3 aromatic rings. The Morgan fingerprint density at radius 1 is 1.09 bits per heavy atom. The fourth-order valence-corrected chi connectivity index (χ4v) is 4.71. The number of nitrogens with one attached hydrogen (secondary N) is 1. The van der Waals surface area contributed by atoms with Crippen LogP contribution in [0.25, 0.3) is 23.1 Å². The third-order valence-electron chi connectivity index (χ3n) is 5.74. The summed E-state index contributed by atoms with van der Waals surface area (Å²) in [5.41, 5.74) is 1.18. The molecule has 0 bridgehead atoms. The molecular formula is C25H28Cl3N5O2. The van der Waals surface area contributed by atoms with Crippen LogP contribution in [0.3, 0.4) is 0 Å². The van der Waals surface area contributed by atoms with Gasteiger partial charge >= 0.3 is 0 Å². The molecule has 7 nitrogen and oxygen atoms in total.